The van der Waals surface area contributed by atoms with Crippen molar-refractivity contribution < 1.29 is 19.8 Å². The third-order valence-electron chi connectivity index (χ3n) is 5.31. The molecule has 0 aliphatic carbocycles. The van der Waals surface area contributed by atoms with Crippen LogP contribution in [0.5, 0.6) is 5.75 Å². The minimum absolute atomic E-state index is 0.0123. The number of aromatic hydroxyl groups is 1. The molecule has 8 heteroatoms. The van der Waals surface area contributed by atoms with Crippen LogP contribution >= 0.6 is 0 Å². The van der Waals surface area contributed by atoms with Gasteiger partial charge in [-0.15, -0.1) is 0 Å². The molecule has 3 aromatic rings. The van der Waals surface area contributed by atoms with Crippen LogP contribution in [-0.2, 0) is 12.0 Å². The molecule has 0 bridgehead atoms. The van der Waals surface area contributed by atoms with Crippen molar-refractivity contribution in [1.82, 2.24) is 15.2 Å². The monoisotopic (exact) mass is 448 g/mol. The normalized spacial score (nSPS) is 12.0. The number of aromatic carboxylic acids is 1. The fourth-order valence-corrected chi connectivity index (χ4v) is 3.36. The van der Waals surface area contributed by atoms with Gasteiger partial charge in [-0.05, 0) is 49.1 Å². The van der Waals surface area contributed by atoms with E-state index in [0.29, 0.717) is 18.0 Å². The van der Waals surface area contributed by atoms with Gasteiger partial charge in [-0.25, -0.2) is 10.2 Å². The summed E-state index contributed by atoms with van der Waals surface area (Å²) in [6.07, 6.45) is 0. The standard InChI is InChI=1S/C25H28N4O4/c1-6-29-21(16-11-13-19(14-12-16)25(3,4)5)22(30)20(28-29)15(2)26-27-23(31)17-7-9-18(10-8-17)24(32)33/h7-14,30H,6H2,1-5H3,(H,27,31)(H,32,33)/b26-15-. The highest BCUT2D eigenvalue weighted by molar-refractivity contribution is 6.02. The number of hydrazone groups is 1. The van der Waals surface area contributed by atoms with E-state index in [1.165, 1.54) is 29.8 Å². The Labute approximate surface area is 192 Å². The molecule has 0 unspecified atom stereocenters. The zero-order valence-electron chi connectivity index (χ0n) is 19.4. The Morgan fingerprint density at radius 3 is 2.12 bits per heavy atom. The first kappa shape index (κ1) is 23.7. The molecule has 0 fully saturated rings. The lowest BCUT2D eigenvalue weighted by Crippen LogP contribution is -2.19. The predicted octanol–water partition coefficient (Wildman–Crippen LogP) is 4.43. The summed E-state index contributed by atoms with van der Waals surface area (Å²) < 4.78 is 1.70. The number of rotatable bonds is 6. The molecule has 1 amide bonds. The second-order valence-electron chi connectivity index (χ2n) is 8.71. The third-order valence-corrected chi connectivity index (χ3v) is 5.31. The van der Waals surface area contributed by atoms with Crippen LogP contribution in [-0.4, -0.2) is 37.6 Å². The van der Waals surface area contributed by atoms with Crippen LogP contribution in [0.4, 0.5) is 0 Å². The number of carboxylic acids is 1. The van der Waals surface area contributed by atoms with Gasteiger partial charge in [-0.2, -0.15) is 10.2 Å². The molecule has 2 aromatic carbocycles. The lowest BCUT2D eigenvalue weighted by Gasteiger charge is -2.19. The molecular weight excluding hydrogens is 420 g/mol. The number of benzene rings is 2. The van der Waals surface area contributed by atoms with Gasteiger partial charge in [0.2, 0.25) is 0 Å². The van der Waals surface area contributed by atoms with Crippen LogP contribution in [0.3, 0.4) is 0 Å². The minimum Gasteiger partial charge on any atom is -0.504 e. The first-order chi connectivity index (χ1) is 15.5. The van der Waals surface area contributed by atoms with Crippen molar-refractivity contribution in [1.29, 1.82) is 0 Å². The largest absolute Gasteiger partial charge is 0.504 e. The van der Waals surface area contributed by atoms with E-state index in [9.17, 15) is 14.7 Å². The number of carboxylic acid groups (broad SMARTS) is 1. The average Bonchev–Trinajstić information content (AvgIpc) is 3.13. The summed E-state index contributed by atoms with van der Waals surface area (Å²) >= 11 is 0. The molecule has 0 saturated carbocycles. The summed E-state index contributed by atoms with van der Waals surface area (Å²) in [7, 11) is 0. The number of hydrogen-bond donors (Lipinski definition) is 3. The van der Waals surface area contributed by atoms with E-state index in [1.807, 2.05) is 31.2 Å². The highest BCUT2D eigenvalue weighted by atomic mass is 16.4. The van der Waals surface area contributed by atoms with E-state index in [2.05, 4.69) is 36.4 Å². The molecule has 33 heavy (non-hydrogen) atoms. The van der Waals surface area contributed by atoms with Crippen LogP contribution in [0, 0.1) is 0 Å². The predicted molar refractivity (Wildman–Crippen MR) is 127 cm³/mol. The van der Waals surface area contributed by atoms with Crippen LogP contribution in [0.25, 0.3) is 11.3 Å². The van der Waals surface area contributed by atoms with Crippen molar-refractivity contribution in [2.45, 2.75) is 46.6 Å². The highest BCUT2D eigenvalue weighted by Crippen LogP contribution is 2.34. The molecule has 0 aliphatic heterocycles. The molecule has 3 rings (SSSR count). The van der Waals surface area contributed by atoms with Crippen LogP contribution in [0.1, 0.15) is 66.6 Å². The summed E-state index contributed by atoms with van der Waals surface area (Å²) in [6, 6.07) is 13.5. The van der Waals surface area contributed by atoms with E-state index < -0.39 is 11.9 Å². The van der Waals surface area contributed by atoms with Gasteiger partial charge in [0.15, 0.2) is 11.4 Å². The lowest BCUT2D eigenvalue weighted by atomic mass is 9.86. The van der Waals surface area contributed by atoms with Crippen molar-refractivity contribution >= 4 is 17.6 Å². The molecule has 172 valence electrons. The second kappa shape index (κ2) is 9.28. The van der Waals surface area contributed by atoms with Gasteiger partial charge in [0.25, 0.3) is 5.91 Å². The van der Waals surface area contributed by atoms with E-state index >= 15 is 0 Å². The van der Waals surface area contributed by atoms with Gasteiger partial charge >= 0.3 is 5.97 Å². The number of amides is 1. The number of carbonyl (C=O) groups excluding carboxylic acids is 1. The average molecular weight is 449 g/mol. The van der Waals surface area contributed by atoms with Gasteiger partial charge in [0.1, 0.15) is 5.69 Å². The smallest absolute Gasteiger partial charge is 0.335 e. The number of nitrogens with zero attached hydrogens (tertiary/aromatic N) is 3. The van der Waals surface area contributed by atoms with Crippen LogP contribution in [0.15, 0.2) is 53.6 Å². The molecule has 8 nitrogen and oxygen atoms in total. The van der Waals surface area contributed by atoms with Gasteiger partial charge in [0, 0.05) is 17.7 Å². The van der Waals surface area contributed by atoms with Gasteiger partial charge < -0.3 is 10.2 Å². The third kappa shape index (κ3) is 5.11. The Bertz CT molecular complexity index is 1200. The maximum absolute atomic E-state index is 12.4. The number of aryl methyl sites for hydroxylation is 1. The molecular formula is C25H28N4O4. The van der Waals surface area contributed by atoms with Crippen LogP contribution < -0.4 is 5.43 Å². The molecule has 0 aliphatic rings. The summed E-state index contributed by atoms with van der Waals surface area (Å²) in [5, 5.41) is 28.4. The Morgan fingerprint density at radius 1 is 1.03 bits per heavy atom. The molecule has 1 heterocycles. The molecule has 1 aromatic heterocycles. The fourth-order valence-electron chi connectivity index (χ4n) is 3.36. The van der Waals surface area contributed by atoms with Gasteiger partial charge in [-0.1, -0.05) is 45.0 Å². The van der Waals surface area contributed by atoms with Gasteiger partial charge in [-0.3, -0.25) is 9.48 Å². The Hall–Kier alpha value is -3.94. The zero-order chi connectivity index (χ0) is 24.3. The number of hydrogen-bond acceptors (Lipinski definition) is 5. The maximum Gasteiger partial charge on any atom is 0.335 e. The van der Waals surface area contributed by atoms with Gasteiger partial charge in [0.05, 0.1) is 11.3 Å². The molecule has 0 spiro atoms. The second-order valence-corrected chi connectivity index (χ2v) is 8.71. The Morgan fingerprint density at radius 2 is 1.61 bits per heavy atom. The summed E-state index contributed by atoms with van der Waals surface area (Å²) in [4.78, 5) is 23.3. The topological polar surface area (TPSA) is 117 Å². The molecule has 0 atom stereocenters. The summed E-state index contributed by atoms with van der Waals surface area (Å²) in [5.74, 6) is -1.58. The Balaban J connectivity index is 1.85. The quantitative estimate of drug-likeness (QED) is 0.381. The SMILES string of the molecule is CCn1nc(/C(C)=N\NC(=O)c2ccc(C(=O)O)cc2)c(O)c1-c1ccc(C(C)(C)C)cc1. The van der Waals surface area contributed by atoms with Crippen molar-refractivity contribution in [3.05, 3.63) is 70.9 Å². The highest BCUT2D eigenvalue weighted by Gasteiger charge is 2.21. The van der Waals surface area contributed by atoms with E-state index in [0.717, 1.165) is 5.56 Å². The van der Waals surface area contributed by atoms with Crippen molar-refractivity contribution in [2.75, 3.05) is 0 Å². The van der Waals surface area contributed by atoms with E-state index in [1.54, 1.807) is 11.6 Å². The molecule has 0 radical (unpaired) electrons. The zero-order valence-corrected chi connectivity index (χ0v) is 19.4. The number of nitrogens with one attached hydrogen (secondary N) is 1. The van der Waals surface area contributed by atoms with E-state index in [4.69, 9.17) is 5.11 Å². The summed E-state index contributed by atoms with van der Waals surface area (Å²) in [6.45, 7) is 10.5. The first-order valence-electron chi connectivity index (χ1n) is 10.6. The number of aromatic nitrogens is 2. The lowest BCUT2D eigenvalue weighted by molar-refractivity contribution is 0.0696. The Kier molecular flexibility index (Phi) is 6.67. The first-order valence-corrected chi connectivity index (χ1v) is 10.6. The molecule has 3 N–H and O–H groups in total. The molecule has 0 saturated heterocycles. The summed E-state index contributed by atoms with van der Waals surface area (Å²) in [5.41, 5.74) is 6.00. The van der Waals surface area contributed by atoms with Crippen molar-refractivity contribution in [3.8, 4) is 17.0 Å². The number of carbonyl (C=O) groups is 2. The fraction of sp³-hybridized carbons (Fsp3) is 0.280. The van der Waals surface area contributed by atoms with E-state index in [-0.39, 0.29) is 28.0 Å². The van der Waals surface area contributed by atoms with Crippen LogP contribution in [0.2, 0.25) is 0 Å². The van der Waals surface area contributed by atoms with Crippen molar-refractivity contribution in [3.63, 3.8) is 0 Å². The van der Waals surface area contributed by atoms with Crippen molar-refractivity contribution in [2.24, 2.45) is 5.10 Å². The minimum atomic E-state index is -1.07. The maximum atomic E-state index is 12.4.